The Bertz CT molecular complexity index is 456. The summed E-state index contributed by atoms with van der Waals surface area (Å²) in [5.74, 6) is 0.813. The molecule has 0 radical (unpaired) electrons. The molecule has 2 rings (SSSR count). The van der Waals surface area contributed by atoms with Gasteiger partial charge >= 0.3 is 0 Å². The first-order chi connectivity index (χ1) is 8.42. The Hall–Kier alpha value is -1.80. The fourth-order valence-corrected chi connectivity index (χ4v) is 1.75. The third-order valence-corrected chi connectivity index (χ3v) is 2.53. The van der Waals surface area contributed by atoms with Crippen molar-refractivity contribution in [2.24, 2.45) is 0 Å². The molecule has 0 bridgehead atoms. The maximum atomic E-state index is 8.81. The molecule has 0 spiro atoms. The van der Waals surface area contributed by atoms with Gasteiger partial charge in [0.25, 0.3) is 0 Å². The topological polar surface area (TPSA) is 29.5 Å². The van der Waals surface area contributed by atoms with Crippen molar-refractivity contribution in [1.29, 1.82) is 0 Å². The SMILES string of the molecule is OCCOc1ccccc1C1=CC=CCC=C1. The average Bonchev–Trinajstić information content (AvgIpc) is 2.65. The molecule has 0 unspecified atom stereocenters. The standard InChI is InChI=1S/C15H16O2/c16-11-12-17-15-10-6-5-9-14(15)13-7-3-1-2-4-8-13/h1,3-10,16H,2,11-12H2. The van der Waals surface area contributed by atoms with Gasteiger partial charge in [0.15, 0.2) is 0 Å². The van der Waals surface area contributed by atoms with Crippen LogP contribution < -0.4 is 4.74 Å². The lowest BCUT2D eigenvalue weighted by atomic mass is 10.0. The van der Waals surface area contributed by atoms with Crippen molar-refractivity contribution in [3.05, 3.63) is 60.2 Å². The van der Waals surface area contributed by atoms with E-state index in [-0.39, 0.29) is 6.61 Å². The molecule has 0 amide bonds. The number of rotatable bonds is 4. The van der Waals surface area contributed by atoms with Crippen molar-refractivity contribution in [3.63, 3.8) is 0 Å². The van der Waals surface area contributed by atoms with E-state index in [0.29, 0.717) is 6.61 Å². The minimum atomic E-state index is 0.0309. The van der Waals surface area contributed by atoms with Crippen molar-refractivity contribution < 1.29 is 9.84 Å². The van der Waals surface area contributed by atoms with Gasteiger partial charge in [-0.05, 0) is 18.1 Å². The smallest absolute Gasteiger partial charge is 0.127 e. The Morgan fingerprint density at radius 3 is 2.94 bits per heavy atom. The molecule has 88 valence electrons. The number of hydrogen-bond donors (Lipinski definition) is 1. The van der Waals surface area contributed by atoms with E-state index >= 15 is 0 Å². The summed E-state index contributed by atoms with van der Waals surface area (Å²) in [4.78, 5) is 0. The van der Waals surface area contributed by atoms with Crippen molar-refractivity contribution in [2.75, 3.05) is 13.2 Å². The van der Waals surface area contributed by atoms with E-state index in [1.54, 1.807) is 0 Å². The molecule has 0 saturated carbocycles. The number of aliphatic hydroxyl groups is 1. The van der Waals surface area contributed by atoms with Crippen molar-refractivity contribution in [2.45, 2.75) is 6.42 Å². The first kappa shape index (κ1) is 11.7. The van der Waals surface area contributed by atoms with Gasteiger partial charge in [-0.2, -0.15) is 0 Å². The minimum Gasteiger partial charge on any atom is -0.491 e. The van der Waals surface area contributed by atoms with Crippen LogP contribution >= 0.6 is 0 Å². The lowest BCUT2D eigenvalue weighted by molar-refractivity contribution is 0.201. The monoisotopic (exact) mass is 228 g/mol. The lowest BCUT2D eigenvalue weighted by Crippen LogP contribution is -2.03. The van der Waals surface area contributed by atoms with Crippen molar-refractivity contribution >= 4 is 5.57 Å². The first-order valence-corrected chi connectivity index (χ1v) is 5.78. The van der Waals surface area contributed by atoms with Gasteiger partial charge in [-0.25, -0.2) is 0 Å². The fraction of sp³-hybridized carbons (Fsp3) is 0.200. The molecule has 2 nitrogen and oxygen atoms in total. The van der Waals surface area contributed by atoms with Crippen LogP contribution in [0.3, 0.4) is 0 Å². The molecule has 0 heterocycles. The van der Waals surface area contributed by atoms with Crippen LogP contribution in [0.4, 0.5) is 0 Å². The van der Waals surface area contributed by atoms with E-state index in [1.165, 1.54) is 0 Å². The van der Waals surface area contributed by atoms with Gasteiger partial charge in [-0.1, -0.05) is 48.6 Å². The average molecular weight is 228 g/mol. The molecule has 0 saturated heterocycles. The first-order valence-electron chi connectivity index (χ1n) is 5.78. The third kappa shape index (κ3) is 3.08. The summed E-state index contributed by atoms with van der Waals surface area (Å²) in [5.41, 5.74) is 2.19. The largest absolute Gasteiger partial charge is 0.491 e. The highest BCUT2D eigenvalue weighted by Crippen LogP contribution is 2.27. The second kappa shape index (κ2) is 6.06. The molecular weight excluding hydrogens is 212 g/mol. The summed E-state index contributed by atoms with van der Waals surface area (Å²) >= 11 is 0. The number of hydrogen-bond acceptors (Lipinski definition) is 2. The summed E-state index contributed by atoms with van der Waals surface area (Å²) in [5, 5.41) is 8.81. The van der Waals surface area contributed by atoms with E-state index in [0.717, 1.165) is 23.3 Å². The fourth-order valence-electron chi connectivity index (χ4n) is 1.75. The number of allylic oxidation sites excluding steroid dienone is 6. The molecule has 0 aromatic heterocycles. The molecule has 1 aromatic carbocycles. The molecule has 0 aliphatic heterocycles. The summed E-state index contributed by atoms with van der Waals surface area (Å²) in [6, 6.07) is 7.88. The zero-order valence-electron chi connectivity index (χ0n) is 9.67. The van der Waals surface area contributed by atoms with Gasteiger partial charge in [0.2, 0.25) is 0 Å². The normalized spacial score (nSPS) is 14.3. The van der Waals surface area contributed by atoms with E-state index in [9.17, 15) is 0 Å². The van der Waals surface area contributed by atoms with Crippen LogP contribution in [0, 0.1) is 0 Å². The highest BCUT2D eigenvalue weighted by molar-refractivity contribution is 5.79. The van der Waals surface area contributed by atoms with Crippen LogP contribution in [-0.4, -0.2) is 18.3 Å². The van der Waals surface area contributed by atoms with Crippen LogP contribution in [0.15, 0.2) is 54.6 Å². The number of ether oxygens (including phenoxy) is 1. The Morgan fingerprint density at radius 2 is 2.06 bits per heavy atom. The number of benzene rings is 1. The lowest BCUT2D eigenvalue weighted by Gasteiger charge is -2.10. The van der Waals surface area contributed by atoms with Gasteiger partial charge < -0.3 is 9.84 Å². The van der Waals surface area contributed by atoms with E-state index in [2.05, 4.69) is 30.4 Å². The van der Waals surface area contributed by atoms with Crippen LogP contribution in [-0.2, 0) is 0 Å². The Balaban J connectivity index is 2.30. The molecule has 2 heteroatoms. The number of para-hydroxylation sites is 1. The predicted molar refractivity (Wildman–Crippen MR) is 69.9 cm³/mol. The highest BCUT2D eigenvalue weighted by Gasteiger charge is 2.06. The summed E-state index contributed by atoms with van der Waals surface area (Å²) in [7, 11) is 0. The van der Waals surface area contributed by atoms with Gasteiger partial charge in [0.05, 0.1) is 6.61 Å². The van der Waals surface area contributed by atoms with Crippen LogP contribution in [0.5, 0.6) is 5.75 Å². The van der Waals surface area contributed by atoms with Crippen LogP contribution in [0.1, 0.15) is 12.0 Å². The maximum Gasteiger partial charge on any atom is 0.127 e. The summed E-state index contributed by atoms with van der Waals surface area (Å²) < 4.78 is 5.53. The Morgan fingerprint density at radius 1 is 1.18 bits per heavy atom. The van der Waals surface area contributed by atoms with Gasteiger partial charge in [-0.3, -0.25) is 0 Å². The molecule has 1 aliphatic rings. The molecule has 1 aliphatic carbocycles. The molecule has 0 atom stereocenters. The second-order valence-corrected chi connectivity index (χ2v) is 3.76. The highest BCUT2D eigenvalue weighted by atomic mass is 16.5. The van der Waals surface area contributed by atoms with Crippen molar-refractivity contribution in [3.8, 4) is 5.75 Å². The van der Waals surface area contributed by atoms with Gasteiger partial charge in [-0.15, -0.1) is 0 Å². The van der Waals surface area contributed by atoms with Crippen molar-refractivity contribution in [1.82, 2.24) is 0 Å². The molecule has 17 heavy (non-hydrogen) atoms. The van der Waals surface area contributed by atoms with Crippen LogP contribution in [0.25, 0.3) is 5.57 Å². The zero-order valence-corrected chi connectivity index (χ0v) is 9.67. The summed E-state index contributed by atoms with van der Waals surface area (Å²) in [6.45, 7) is 0.354. The second-order valence-electron chi connectivity index (χ2n) is 3.76. The third-order valence-electron chi connectivity index (χ3n) is 2.53. The number of aliphatic hydroxyl groups excluding tert-OH is 1. The maximum absolute atomic E-state index is 8.81. The van der Waals surface area contributed by atoms with E-state index in [4.69, 9.17) is 9.84 Å². The van der Waals surface area contributed by atoms with E-state index < -0.39 is 0 Å². The summed E-state index contributed by atoms with van der Waals surface area (Å²) in [6.07, 6.45) is 11.4. The van der Waals surface area contributed by atoms with Gasteiger partial charge in [0.1, 0.15) is 12.4 Å². The molecule has 1 N–H and O–H groups in total. The molecule has 1 aromatic rings. The van der Waals surface area contributed by atoms with Gasteiger partial charge in [0, 0.05) is 5.56 Å². The minimum absolute atomic E-state index is 0.0309. The zero-order chi connectivity index (χ0) is 11.9. The van der Waals surface area contributed by atoms with E-state index in [1.807, 2.05) is 24.3 Å². The predicted octanol–water partition coefficient (Wildman–Crippen LogP) is 2.96. The van der Waals surface area contributed by atoms with Crippen LogP contribution in [0.2, 0.25) is 0 Å². The quantitative estimate of drug-likeness (QED) is 0.858. The Labute approximate surface area is 102 Å². The molecule has 0 fully saturated rings. The molecular formula is C15H16O2. The Kier molecular flexibility index (Phi) is 4.17.